The van der Waals surface area contributed by atoms with Gasteiger partial charge in [-0.3, -0.25) is 0 Å². The average molecular weight is 200 g/mol. The molecule has 76 valence electrons. The van der Waals surface area contributed by atoms with Crippen molar-refractivity contribution in [2.45, 2.75) is 0 Å². The fourth-order valence-corrected chi connectivity index (χ4v) is 1.32. The molecule has 1 N–H and O–H groups in total. The van der Waals surface area contributed by atoms with Gasteiger partial charge in [-0.25, -0.2) is 4.79 Å². The van der Waals surface area contributed by atoms with Gasteiger partial charge in [0.2, 0.25) is 0 Å². The molecule has 0 aliphatic carbocycles. The number of rotatable bonds is 4. The minimum Gasteiger partial charge on any atom is -0.478 e. The maximum absolute atomic E-state index is 11.0. The van der Waals surface area contributed by atoms with E-state index >= 15 is 0 Å². The molecule has 0 amide bonds. The van der Waals surface area contributed by atoms with Crippen LogP contribution >= 0.6 is 0 Å². The molecule has 0 unspecified atom stereocenters. The van der Waals surface area contributed by atoms with Gasteiger partial charge < -0.3 is 5.11 Å². The van der Waals surface area contributed by atoms with Gasteiger partial charge in [0.05, 0.1) is 5.56 Å². The first-order chi connectivity index (χ1) is 7.20. The first-order valence-electron chi connectivity index (χ1n) is 4.48. The van der Waals surface area contributed by atoms with Gasteiger partial charge in [0, 0.05) is 0 Å². The molecule has 1 aromatic carbocycles. The molecule has 15 heavy (non-hydrogen) atoms. The lowest BCUT2D eigenvalue weighted by molar-refractivity contribution is 0.0696. The molecule has 0 aliphatic heterocycles. The molecule has 1 rings (SSSR count). The van der Waals surface area contributed by atoms with Gasteiger partial charge in [-0.05, 0) is 17.2 Å². The summed E-state index contributed by atoms with van der Waals surface area (Å²) in [5.74, 6) is -0.942. The van der Waals surface area contributed by atoms with Crippen LogP contribution in [0.4, 0.5) is 0 Å². The Morgan fingerprint density at radius 1 is 1.20 bits per heavy atom. The summed E-state index contributed by atoms with van der Waals surface area (Å²) in [6.45, 7) is 7.22. The third kappa shape index (κ3) is 2.44. The van der Waals surface area contributed by atoms with E-state index in [-0.39, 0.29) is 5.56 Å². The Labute approximate surface area is 88.9 Å². The van der Waals surface area contributed by atoms with Crippen molar-refractivity contribution in [3.05, 3.63) is 66.8 Å². The van der Waals surface area contributed by atoms with E-state index in [1.54, 1.807) is 42.5 Å². The van der Waals surface area contributed by atoms with E-state index in [0.717, 1.165) is 5.57 Å². The molecule has 0 bridgehead atoms. The zero-order valence-electron chi connectivity index (χ0n) is 8.31. The third-order valence-corrected chi connectivity index (χ3v) is 1.99. The van der Waals surface area contributed by atoms with Crippen LogP contribution < -0.4 is 0 Å². The van der Waals surface area contributed by atoms with Crippen molar-refractivity contribution in [3.8, 4) is 0 Å². The molecule has 0 saturated carbocycles. The van der Waals surface area contributed by atoms with Crippen LogP contribution in [0, 0.1) is 0 Å². The molecular formula is C13H12O2. The van der Waals surface area contributed by atoms with Crippen LogP contribution in [0.15, 0.2) is 55.7 Å². The molecule has 0 heterocycles. The minimum atomic E-state index is -0.942. The SMILES string of the molecule is C=C/C=C(\C=C)c1ccccc1C(=O)O. The maximum Gasteiger partial charge on any atom is 0.336 e. The van der Waals surface area contributed by atoms with Gasteiger partial charge in [-0.2, -0.15) is 0 Å². The second-order valence-electron chi connectivity index (χ2n) is 2.91. The third-order valence-electron chi connectivity index (χ3n) is 1.99. The lowest BCUT2D eigenvalue weighted by Gasteiger charge is -2.05. The largest absolute Gasteiger partial charge is 0.478 e. The Hall–Kier alpha value is -2.09. The summed E-state index contributed by atoms with van der Waals surface area (Å²) in [5, 5.41) is 8.99. The van der Waals surface area contributed by atoms with Crippen LogP contribution in [0.1, 0.15) is 15.9 Å². The Kier molecular flexibility index (Phi) is 3.63. The van der Waals surface area contributed by atoms with Crippen LogP contribution in [0.5, 0.6) is 0 Å². The van der Waals surface area contributed by atoms with E-state index < -0.39 is 5.97 Å². The van der Waals surface area contributed by atoms with Crippen LogP contribution in [-0.2, 0) is 0 Å². The van der Waals surface area contributed by atoms with Crippen molar-refractivity contribution in [2.75, 3.05) is 0 Å². The number of allylic oxidation sites excluding steroid dienone is 4. The first-order valence-corrected chi connectivity index (χ1v) is 4.48. The first kappa shape index (κ1) is 11.0. The summed E-state index contributed by atoms with van der Waals surface area (Å²) < 4.78 is 0. The monoisotopic (exact) mass is 200 g/mol. The topological polar surface area (TPSA) is 37.3 Å². The summed E-state index contributed by atoms with van der Waals surface area (Å²) in [6.07, 6.45) is 4.95. The lowest BCUT2D eigenvalue weighted by Crippen LogP contribution is -2.00. The van der Waals surface area contributed by atoms with Gasteiger partial charge in [0.15, 0.2) is 0 Å². The highest BCUT2D eigenvalue weighted by molar-refractivity contribution is 5.95. The van der Waals surface area contributed by atoms with E-state index in [1.165, 1.54) is 0 Å². The number of carboxylic acid groups (broad SMARTS) is 1. The van der Waals surface area contributed by atoms with Gasteiger partial charge >= 0.3 is 5.97 Å². The highest BCUT2D eigenvalue weighted by atomic mass is 16.4. The zero-order chi connectivity index (χ0) is 11.3. The number of benzene rings is 1. The molecule has 2 heteroatoms. The number of aromatic carboxylic acids is 1. The summed E-state index contributed by atoms with van der Waals surface area (Å²) >= 11 is 0. The lowest BCUT2D eigenvalue weighted by atomic mass is 9.99. The predicted molar refractivity (Wildman–Crippen MR) is 61.8 cm³/mol. The maximum atomic E-state index is 11.0. The Morgan fingerprint density at radius 3 is 2.27 bits per heavy atom. The van der Waals surface area contributed by atoms with Gasteiger partial charge in [-0.15, -0.1) is 0 Å². The summed E-state index contributed by atoms with van der Waals surface area (Å²) in [7, 11) is 0. The smallest absolute Gasteiger partial charge is 0.336 e. The second kappa shape index (κ2) is 4.96. The second-order valence-corrected chi connectivity index (χ2v) is 2.91. The Balaban J connectivity index is 3.35. The van der Waals surface area contributed by atoms with Crippen LogP contribution in [0.3, 0.4) is 0 Å². The minimum absolute atomic E-state index is 0.269. The van der Waals surface area contributed by atoms with E-state index in [2.05, 4.69) is 13.2 Å². The van der Waals surface area contributed by atoms with Gasteiger partial charge in [0.25, 0.3) is 0 Å². The molecule has 0 aliphatic rings. The van der Waals surface area contributed by atoms with Crippen molar-refractivity contribution in [3.63, 3.8) is 0 Å². The van der Waals surface area contributed by atoms with Crippen molar-refractivity contribution >= 4 is 11.5 Å². The molecule has 0 aromatic heterocycles. The van der Waals surface area contributed by atoms with E-state index in [9.17, 15) is 4.79 Å². The zero-order valence-corrected chi connectivity index (χ0v) is 8.31. The van der Waals surface area contributed by atoms with E-state index in [4.69, 9.17) is 5.11 Å². The quantitative estimate of drug-likeness (QED) is 0.758. The molecule has 2 nitrogen and oxygen atoms in total. The van der Waals surface area contributed by atoms with Crippen molar-refractivity contribution in [1.82, 2.24) is 0 Å². The van der Waals surface area contributed by atoms with Crippen molar-refractivity contribution < 1.29 is 9.90 Å². The molecule has 0 spiro atoms. The van der Waals surface area contributed by atoms with Crippen molar-refractivity contribution in [1.29, 1.82) is 0 Å². The summed E-state index contributed by atoms with van der Waals surface area (Å²) in [4.78, 5) is 11.0. The van der Waals surface area contributed by atoms with E-state index in [0.29, 0.717) is 5.56 Å². The molecular weight excluding hydrogens is 188 g/mol. The molecule has 0 radical (unpaired) electrons. The number of carboxylic acids is 1. The fraction of sp³-hybridized carbons (Fsp3) is 0. The van der Waals surface area contributed by atoms with E-state index in [1.807, 2.05) is 0 Å². The standard InChI is InChI=1S/C13H12O2/c1-3-7-10(4-2)11-8-5-6-9-12(11)13(14)15/h3-9H,1-2H2,(H,14,15)/b10-7+. The van der Waals surface area contributed by atoms with Crippen LogP contribution in [0.2, 0.25) is 0 Å². The molecule has 0 fully saturated rings. The van der Waals surface area contributed by atoms with Gasteiger partial charge in [-0.1, -0.05) is 49.6 Å². The molecule has 0 saturated heterocycles. The number of hydrogen-bond acceptors (Lipinski definition) is 1. The number of carbonyl (C=O) groups is 1. The molecule has 0 atom stereocenters. The highest BCUT2D eigenvalue weighted by Crippen LogP contribution is 2.20. The van der Waals surface area contributed by atoms with Crippen LogP contribution in [0.25, 0.3) is 5.57 Å². The highest BCUT2D eigenvalue weighted by Gasteiger charge is 2.09. The summed E-state index contributed by atoms with van der Waals surface area (Å²) in [5.41, 5.74) is 1.67. The Morgan fingerprint density at radius 2 is 1.80 bits per heavy atom. The normalized spacial score (nSPS) is 10.8. The number of hydrogen-bond donors (Lipinski definition) is 1. The fourth-order valence-electron chi connectivity index (χ4n) is 1.32. The van der Waals surface area contributed by atoms with Crippen LogP contribution in [-0.4, -0.2) is 11.1 Å². The Bertz CT molecular complexity index is 428. The summed E-state index contributed by atoms with van der Waals surface area (Å²) in [6, 6.07) is 6.81. The van der Waals surface area contributed by atoms with Crippen molar-refractivity contribution in [2.24, 2.45) is 0 Å². The van der Waals surface area contributed by atoms with Gasteiger partial charge in [0.1, 0.15) is 0 Å². The molecule has 1 aromatic rings. The average Bonchev–Trinajstić information content (AvgIpc) is 2.26. The predicted octanol–water partition coefficient (Wildman–Crippen LogP) is 3.14.